The van der Waals surface area contributed by atoms with E-state index in [0.717, 1.165) is 19.0 Å². The summed E-state index contributed by atoms with van der Waals surface area (Å²) in [5, 5.41) is 8.64. The number of piperidine rings is 1. The second-order valence-electron chi connectivity index (χ2n) is 4.90. The van der Waals surface area contributed by atoms with E-state index in [1.54, 1.807) is 0 Å². The molecule has 2 heteroatoms. The molecule has 90 valence electrons. The third kappa shape index (κ3) is 3.87. The van der Waals surface area contributed by atoms with E-state index in [1.165, 1.54) is 31.2 Å². The summed E-state index contributed by atoms with van der Waals surface area (Å²) in [6.07, 6.45) is 5.01. The lowest BCUT2D eigenvalue weighted by atomic mass is 9.90. The summed E-state index contributed by atoms with van der Waals surface area (Å²) in [6, 6.07) is 13.0. The highest BCUT2D eigenvalue weighted by molar-refractivity contribution is 5.14. The predicted molar refractivity (Wildman–Crippen MR) is 69.5 cm³/mol. The first kappa shape index (κ1) is 12.1. The maximum absolute atomic E-state index is 8.64. The fourth-order valence-corrected chi connectivity index (χ4v) is 2.55. The molecule has 0 amide bonds. The van der Waals surface area contributed by atoms with E-state index in [0.29, 0.717) is 6.54 Å². The van der Waals surface area contributed by atoms with Crippen LogP contribution in [-0.4, -0.2) is 24.5 Å². The topological polar surface area (TPSA) is 27.0 Å². The fraction of sp³-hybridized carbons (Fsp3) is 0.533. The zero-order valence-electron chi connectivity index (χ0n) is 10.3. The van der Waals surface area contributed by atoms with Gasteiger partial charge in [-0.25, -0.2) is 0 Å². The van der Waals surface area contributed by atoms with Gasteiger partial charge < -0.3 is 0 Å². The summed E-state index contributed by atoms with van der Waals surface area (Å²) in [4.78, 5) is 2.26. The Morgan fingerprint density at radius 2 is 1.88 bits per heavy atom. The molecule has 2 rings (SSSR count). The molecule has 0 N–H and O–H groups in total. The van der Waals surface area contributed by atoms with Crippen molar-refractivity contribution in [1.29, 1.82) is 5.26 Å². The number of hydrogen-bond donors (Lipinski definition) is 0. The highest BCUT2D eigenvalue weighted by atomic mass is 15.1. The van der Waals surface area contributed by atoms with Gasteiger partial charge in [-0.15, -0.1) is 0 Å². The Labute approximate surface area is 104 Å². The zero-order valence-corrected chi connectivity index (χ0v) is 10.3. The smallest absolute Gasteiger partial charge is 0.0865 e. The van der Waals surface area contributed by atoms with Crippen LogP contribution in [0, 0.1) is 17.2 Å². The normalized spacial score (nSPS) is 17.8. The minimum atomic E-state index is 0.603. The average molecular weight is 228 g/mol. The van der Waals surface area contributed by atoms with E-state index < -0.39 is 0 Å². The molecule has 1 aliphatic rings. The molecule has 0 spiro atoms. The van der Waals surface area contributed by atoms with Crippen molar-refractivity contribution in [1.82, 2.24) is 4.90 Å². The van der Waals surface area contributed by atoms with Crippen LogP contribution in [0.4, 0.5) is 0 Å². The lowest BCUT2D eigenvalue weighted by molar-refractivity contribution is 0.197. The van der Waals surface area contributed by atoms with Crippen molar-refractivity contribution in [3.05, 3.63) is 35.9 Å². The van der Waals surface area contributed by atoms with Crippen LogP contribution in [0.25, 0.3) is 0 Å². The van der Waals surface area contributed by atoms with Crippen molar-refractivity contribution in [2.24, 2.45) is 5.92 Å². The van der Waals surface area contributed by atoms with Gasteiger partial charge in [0.1, 0.15) is 0 Å². The first-order valence-corrected chi connectivity index (χ1v) is 6.51. The van der Waals surface area contributed by atoms with Gasteiger partial charge in [-0.05, 0) is 50.3 Å². The standard InChI is InChI=1S/C15H20N2/c16-10-13-17-11-8-15(9-12-17)7-6-14-4-2-1-3-5-14/h1-5,15H,6-9,11-13H2. The molecule has 1 saturated heterocycles. The maximum atomic E-state index is 8.64. The third-order valence-corrected chi connectivity index (χ3v) is 3.69. The molecule has 1 fully saturated rings. The zero-order chi connectivity index (χ0) is 11.9. The van der Waals surface area contributed by atoms with Crippen LogP contribution in [0.1, 0.15) is 24.8 Å². The van der Waals surface area contributed by atoms with Crippen LogP contribution in [0.3, 0.4) is 0 Å². The van der Waals surface area contributed by atoms with Crippen LogP contribution < -0.4 is 0 Å². The average Bonchev–Trinajstić information content (AvgIpc) is 2.40. The van der Waals surface area contributed by atoms with Crippen LogP contribution in [0.2, 0.25) is 0 Å². The van der Waals surface area contributed by atoms with Gasteiger partial charge in [-0.2, -0.15) is 5.26 Å². The van der Waals surface area contributed by atoms with E-state index >= 15 is 0 Å². The summed E-state index contributed by atoms with van der Waals surface area (Å²) in [5.74, 6) is 0.852. The molecule has 17 heavy (non-hydrogen) atoms. The van der Waals surface area contributed by atoms with Gasteiger partial charge in [0, 0.05) is 0 Å². The van der Waals surface area contributed by atoms with Crippen LogP contribution >= 0.6 is 0 Å². The number of nitrogens with zero attached hydrogens (tertiary/aromatic N) is 2. The van der Waals surface area contributed by atoms with E-state index in [9.17, 15) is 0 Å². The lowest BCUT2D eigenvalue weighted by Crippen LogP contribution is -2.34. The summed E-state index contributed by atoms with van der Waals surface area (Å²) in [5.41, 5.74) is 1.45. The SMILES string of the molecule is N#CCN1CCC(CCc2ccccc2)CC1. The molecule has 0 unspecified atom stereocenters. The molecular weight excluding hydrogens is 208 g/mol. The number of benzene rings is 1. The van der Waals surface area contributed by atoms with Gasteiger partial charge in [0.2, 0.25) is 0 Å². The summed E-state index contributed by atoms with van der Waals surface area (Å²) in [7, 11) is 0. The highest BCUT2D eigenvalue weighted by Gasteiger charge is 2.18. The Balaban J connectivity index is 1.70. The minimum Gasteiger partial charge on any atom is -0.291 e. The molecule has 0 saturated carbocycles. The maximum Gasteiger partial charge on any atom is 0.0865 e. The lowest BCUT2D eigenvalue weighted by Gasteiger charge is -2.30. The van der Waals surface area contributed by atoms with Gasteiger partial charge in [0.25, 0.3) is 0 Å². The third-order valence-electron chi connectivity index (χ3n) is 3.69. The summed E-state index contributed by atoms with van der Waals surface area (Å²) >= 11 is 0. The molecule has 0 aliphatic carbocycles. The number of likely N-dealkylation sites (tertiary alicyclic amines) is 1. The Morgan fingerprint density at radius 1 is 1.18 bits per heavy atom. The van der Waals surface area contributed by atoms with Crippen molar-refractivity contribution in [2.75, 3.05) is 19.6 Å². The van der Waals surface area contributed by atoms with E-state index in [2.05, 4.69) is 41.3 Å². The second-order valence-corrected chi connectivity index (χ2v) is 4.90. The number of rotatable bonds is 4. The Morgan fingerprint density at radius 3 is 2.53 bits per heavy atom. The first-order chi connectivity index (χ1) is 8.38. The van der Waals surface area contributed by atoms with E-state index in [1.807, 2.05) is 0 Å². The molecule has 1 aliphatic heterocycles. The van der Waals surface area contributed by atoms with Crippen molar-refractivity contribution >= 4 is 0 Å². The molecule has 0 atom stereocenters. The second kappa shape index (κ2) is 6.42. The Kier molecular flexibility index (Phi) is 4.58. The molecule has 0 radical (unpaired) electrons. The molecule has 1 heterocycles. The van der Waals surface area contributed by atoms with E-state index in [4.69, 9.17) is 5.26 Å². The molecule has 1 aromatic rings. The van der Waals surface area contributed by atoms with Gasteiger partial charge in [-0.3, -0.25) is 4.90 Å². The fourth-order valence-electron chi connectivity index (χ4n) is 2.55. The number of nitriles is 1. The van der Waals surface area contributed by atoms with Crippen molar-refractivity contribution in [2.45, 2.75) is 25.7 Å². The van der Waals surface area contributed by atoms with Crippen LogP contribution in [-0.2, 0) is 6.42 Å². The van der Waals surface area contributed by atoms with Gasteiger partial charge in [0.05, 0.1) is 12.6 Å². The van der Waals surface area contributed by atoms with Gasteiger partial charge in [0.15, 0.2) is 0 Å². The summed E-state index contributed by atoms with van der Waals surface area (Å²) in [6.45, 7) is 2.81. The quantitative estimate of drug-likeness (QED) is 0.741. The highest BCUT2D eigenvalue weighted by Crippen LogP contribution is 2.22. The molecule has 0 aromatic heterocycles. The number of aryl methyl sites for hydroxylation is 1. The monoisotopic (exact) mass is 228 g/mol. The van der Waals surface area contributed by atoms with Crippen LogP contribution in [0.5, 0.6) is 0 Å². The largest absolute Gasteiger partial charge is 0.291 e. The Bertz CT molecular complexity index is 358. The van der Waals surface area contributed by atoms with Gasteiger partial charge in [-0.1, -0.05) is 30.3 Å². The van der Waals surface area contributed by atoms with Crippen molar-refractivity contribution in [3.8, 4) is 6.07 Å². The first-order valence-electron chi connectivity index (χ1n) is 6.51. The van der Waals surface area contributed by atoms with E-state index in [-0.39, 0.29) is 0 Å². The molecule has 2 nitrogen and oxygen atoms in total. The molecule has 1 aromatic carbocycles. The Hall–Kier alpha value is -1.33. The summed E-state index contributed by atoms with van der Waals surface area (Å²) < 4.78 is 0. The van der Waals surface area contributed by atoms with Gasteiger partial charge >= 0.3 is 0 Å². The molecular formula is C15H20N2. The predicted octanol–water partition coefficient (Wildman–Crippen LogP) is 2.85. The van der Waals surface area contributed by atoms with Crippen LogP contribution in [0.15, 0.2) is 30.3 Å². The minimum absolute atomic E-state index is 0.603. The van der Waals surface area contributed by atoms with Crippen molar-refractivity contribution < 1.29 is 0 Å². The molecule has 0 bridgehead atoms. The number of hydrogen-bond acceptors (Lipinski definition) is 2. The van der Waals surface area contributed by atoms with Crippen molar-refractivity contribution in [3.63, 3.8) is 0 Å².